The average molecular weight is 1550 g/mol. The first-order valence-corrected chi connectivity index (χ1v) is 38.3. The van der Waals surface area contributed by atoms with Crippen LogP contribution in [0.25, 0.3) is 33.8 Å². The lowest BCUT2D eigenvalue weighted by atomic mass is 10.1. The molecule has 0 radical (unpaired) electrons. The molecule has 0 amide bonds. The number of aryl methyl sites for hydroxylation is 3. The van der Waals surface area contributed by atoms with E-state index in [1.807, 2.05) is 18.2 Å². The summed E-state index contributed by atoms with van der Waals surface area (Å²) in [6, 6.07) is 36.3. The Morgan fingerprint density at radius 2 is 0.703 bits per heavy atom. The van der Waals surface area contributed by atoms with Crippen molar-refractivity contribution in [2.45, 2.75) is 34.9 Å². The largest absolute Gasteiger partial charge is 0.480 e. The summed E-state index contributed by atoms with van der Waals surface area (Å²) in [6.45, 7) is -2.38. The van der Waals surface area contributed by atoms with E-state index in [1.54, 1.807) is 127 Å². The first-order chi connectivity index (χ1) is 48.4. The normalized spacial score (nSPS) is 13.0. The third kappa shape index (κ3) is 15.9. The van der Waals surface area contributed by atoms with E-state index in [0.717, 1.165) is 65.9 Å². The fourth-order valence-corrected chi connectivity index (χ4v) is 17.0. The van der Waals surface area contributed by atoms with Crippen LogP contribution in [0.2, 0.25) is 15.1 Å². The van der Waals surface area contributed by atoms with Gasteiger partial charge in [0.15, 0.2) is 0 Å². The number of sulfonamides is 3. The van der Waals surface area contributed by atoms with Crippen LogP contribution in [-0.4, -0.2) is 68.3 Å². The Morgan fingerprint density at radius 3 is 0.960 bits per heavy atom. The number of nitriles is 3. The maximum absolute atomic E-state index is 15.1. The van der Waals surface area contributed by atoms with Gasteiger partial charge in [0.2, 0.25) is 14.4 Å². The second kappa shape index (κ2) is 29.6. The second-order valence-corrected chi connectivity index (χ2v) is 31.4. The molecule has 38 heteroatoms. The molecule has 0 fully saturated rings. The number of nitrogens with zero attached hydrogens (tertiary/aromatic N) is 15. The number of ether oxygens (including phenoxy) is 3. The number of rotatable bonds is 24. The number of hydrogen-bond acceptors (Lipinski definition) is 22. The van der Waals surface area contributed by atoms with Gasteiger partial charge in [-0.05, 0) is 127 Å². The highest BCUT2D eigenvalue weighted by atomic mass is 35.5. The Hall–Kier alpha value is -10.1. The molecule has 0 N–H and O–H groups in total. The molecule has 6 heterocycles. The summed E-state index contributed by atoms with van der Waals surface area (Å²) >= 11 is 21.5. The quantitative estimate of drug-likeness (QED) is 0.0507. The van der Waals surface area contributed by atoms with E-state index in [4.69, 9.17) is 62.6 Å². The number of hydrogen-bond donors (Lipinski definition) is 0. The Kier molecular flexibility index (Phi) is 20.8. The molecule has 0 spiro atoms. The van der Waals surface area contributed by atoms with Crippen LogP contribution in [0, 0.1) is 34.0 Å². The van der Waals surface area contributed by atoms with Gasteiger partial charge in [0.1, 0.15) is 72.9 Å². The number of halogens is 3. The molecule has 0 aliphatic rings. The molecule has 512 valence electrons. The molecule has 0 atom stereocenters. The lowest BCUT2D eigenvalue weighted by molar-refractivity contribution is 0.0523. The monoisotopic (exact) mass is 1550 g/mol. The molecule has 101 heavy (non-hydrogen) atoms. The summed E-state index contributed by atoms with van der Waals surface area (Å²) in [5, 5.41) is 48.9. The Labute approximate surface area is 601 Å². The molecule has 0 aliphatic heterocycles. The van der Waals surface area contributed by atoms with Gasteiger partial charge in [-0.25, -0.2) is 4.57 Å². The van der Waals surface area contributed by atoms with Crippen LogP contribution < -0.4 is 28.6 Å². The maximum Gasteiger partial charge on any atom is 0.480 e. The topological polar surface area (TPSA) is 352 Å². The molecular weight excluding hydrogens is 1500 g/mol. The van der Waals surface area contributed by atoms with Crippen molar-refractivity contribution in [1.29, 1.82) is 15.8 Å². The van der Waals surface area contributed by atoms with Crippen molar-refractivity contribution in [2.75, 3.05) is 0 Å². The van der Waals surface area contributed by atoms with Crippen LogP contribution in [0.15, 0.2) is 209 Å². The number of benzene rings is 6. The van der Waals surface area contributed by atoms with Gasteiger partial charge < -0.3 is 14.2 Å². The van der Waals surface area contributed by atoms with Gasteiger partial charge in [-0.3, -0.25) is 41.3 Å². The van der Waals surface area contributed by atoms with Gasteiger partial charge in [-0.2, -0.15) is 56.3 Å². The van der Waals surface area contributed by atoms with E-state index in [9.17, 15) is 41.0 Å². The van der Waals surface area contributed by atoms with Gasteiger partial charge in [-0.1, -0.05) is 34.8 Å². The van der Waals surface area contributed by atoms with Gasteiger partial charge >= 0.3 is 7.82 Å². The minimum atomic E-state index is -5.05. The predicted molar refractivity (Wildman–Crippen MR) is 371 cm³/mol. The van der Waals surface area contributed by atoms with Crippen molar-refractivity contribution < 1.29 is 57.6 Å². The Morgan fingerprint density at radius 1 is 0.426 bits per heavy atom. The number of thiazole rings is 3. The molecular formula is C63H45Cl3N15O13PS6. The fourth-order valence-electron chi connectivity index (χ4n) is 9.56. The van der Waals surface area contributed by atoms with Crippen molar-refractivity contribution in [3.05, 3.63) is 227 Å². The molecule has 12 rings (SSSR count). The summed E-state index contributed by atoms with van der Waals surface area (Å²) < 4.78 is 156. The lowest BCUT2D eigenvalue weighted by Gasteiger charge is -2.19. The fraction of sp³-hybridized carbons (Fsp3) is 0.0952. The SMILES string of the molecule is Cn1nccc1-c1cc(Cl)ccc1Oc1ccc(S(=O)(=O)N=c2sccn2COP(=O)(OCn2ccsc2=NS(=O)(=O)c2ccc(Oc3ccc(Cl)cc3-c3ccnn3C)c(C#N)c2)OCn2ccsc2=NS(=O)(=O)c2ccc(Oc3ccc(Cl)cc3-c3ccnn3C)c(C#N)c2)cc1C#N. The Balaban J connectivity index is 0.817. The molecule has 0 saturated heterocycles. The zero-order valence-corrected chi connectivity index (χ0v) is 60.0. The van der Waals surface area contributed by atoms with Gasteiger partial charge in [0.25, 0.3) is 30.1 Å². The van der Waals surface area contributed by atoms with Crippen LogP contribution >= 0.6 is 76.6 Å². The van der Waals surface area contributed by atoms with Crippen molar-refractivity contribution in [3.8, 4) is 86.5 Å². The zero-order valence-electron chi connectivity index (χ0n) is 52.0. The summed E-state index contributed by atoms with van der Waals surface area (Å²) in [5.41, 5.74) is 3.02. The molecule has 0 aliphatic carbocycles. The molecule has 0 unspecified atom stereocenters. The molecule has 12 aromatic rings. The van der Waals surface area contributed by atoms with Crippen LogP contribution in [0.1, 0.15) is 16.7 Å². The summed E-state index contributed by atoms with van der Waals surface area (Å²) in [7, 11) is -13.8. The molecule has 6 aromatic heterocycles. The summed E-state index contributed by atoms with van der Waals surface area (Å²) in [6.07, 6.45) is 8.78. The molecule has 0 bridgehead atoms. The smallest absolute Gasteiger partial charge is 0.455 e. The Bertz CT molecular complexity index is 5440. The summed E-state index contributed by atoms with van der Waals surface area (Å²) in [4.78, 5) is -1.91. The van der Waals surface area contributed by atoms with E-state index in [0.29, 0.717) is 48.8 Å². The standard InChI is InChI=1S/C63H45Cl3N15O13PS6/c1-76-52(16-19-70-76)49-31-43(64)4-10-58(49)92-55-13-7-46(28-40(55)34-67)99(83,84)73-61-79(22-25-96-61)37-89-95(82,90-38-80-23-26-97-62(80)74-100(85,86)47-8-14-56(41(29-47)35-68)93-59-11-5-44(65)32-50(59)53-17-20-71-77(53)2)91-39-81-24-27-98-63(81)75-101(87,88)48-9-15-57(42(30-48)36-69)94-60-12-6-45(66)33-51(60)54-18-21-72-78(54)3/h4-33H,37-39H2,1-3H3. The highest BCUT2D eigenvalue weighted by Gasteiger charge is 2.30. The van der Waals surface area contributed by atoms with Crippen LogP contribution in [0.3, 0.4) is 0 Å². The average Bonchev–Trinajstić information content (AvgIpc) is 1.79. The van der Waals surface area contributed by atoms with E-state index in [2.05, 4.69) is 28.5 Å². The van der Waals surface area contributed by atoms with Gasteiger partial charge in [0, 0.05) is 106 Å². The van der Waals surface area contributed by atoms with E-state index < -0.39 is 72.8 Å². The number of phosphoric ester groups is 1. The summed E-state index contributed by atoms with van der Waals surface area (Å²) in [5.74, 6) is 0.887. The van der Waals surface area contributed by atoms with Gasteiger partial charge in [-0.15, -0.1) is 47.2 Å². The number of phosphoric acid groups is 1. The molecule has 28 nitrogen and oxygen atoms in total. The van der Waals surface area contributed by atoms with Crippen LogP contribution in [0.4, 0.5) is 0 Å². The number of aromatic nitrogens is 9. The van der Waals surface area contributed by atoms with Crippen molar-refractivity contribution in [2.24, 2.45) is 34.3 Å². The van der Waals surface area contributed by atoms with Crippen molar-refractivity contribution >= 4 is 107 Å². The first kappa shape index (κ1) is 70.8. The van der Waals surface area contributed by atoms with E-state index >= 15 is 4.57 Å². The van der Waals surface area contributed by atoms with Crippen LogP contribution in [-0.2, 0) is 89.5 Å². The minimum absolute atomic E-state index is 0.00830. The lowest BCUT2D eigenvalue weighted by Crippen LogP contribution is -2.21. The highest BCUT2D eigenvalue weighted by molar-refractivity contribution is 7.90. The van der Waals surface area contributed by atoms with Gasteiger partial charge in [0.05, 0.1) is 48.5 Å². The zero-order chi connectivity index (χ0) is 71.4. The van der Waals surface area contributed by atoms with E-state index in [1.165, 1.54) is 71.1 Å². The first-order valence-electron chi connectivity index (χ1n) is 28.8. The predicted octanol–water partition coefficient (Wildman–Crippen LogP) is 12.7. The highest BCUT2D eigenvalue weighted by Crippen LogP contribution is 2.51. The van der Waals surface area contributed by atoms with E-state index in [-0.39, 0.29) is 65.6 Å². The van der Waals surface area contributed by atoms with Crippen LogP contribution in [0.5, 0.6) is 34.5 Å². The molecule has 6 aromatic carbocycles. The van der Waals surface area contributed by atoms with Crippen molar-refractivity contribution in [3.63, 3.8) is 0 Å². The third-order valence-corrected chi connectivity index (χ3v) is 23.0. The molecule has 0 saturated carbocycles. The maximum atomic E-state index is 15.1. The van der Waals surface area contributed by atoms with Crippen molar-refractivity contribution in [1.82, 2.24) is 43.0 Å². The third-order valence-electron chi connectivity index (χ3n) is 14.5. The second-order valence-electron chi connectivity index (χ2n) is 20.9. The minimum Gasteiger partial charge on any atom is -0.455 e.